The molecule has 9 nitrogen and oxygen atoms in total. The lowest BCUT2D eigenvalue weighted by Gasteiger charge is -2.23. The average molecular weight is 392 g/mol. The largest absolute Gasteiger partial charge is 0.485 e. The number of urea groups is 1. The third-order valence-electron chi connectivity index (χ3n) is 3.78. The Bertz CT molecular complexity index is 812. The number of carbonyl (C=O) groups is 2. The number of hydrogen-bond donors (Lipinski definition) is 2. The van der Waals surface area contributed by atoms with E-state index in [4.69, 9.17) is 13.9 Å². The lowest BCUT2D eigenvalue weighted by atomic mass is 10.2. The zero-order valence-corrected chi connectivity index (χ0v) is 15.7. The van der Waals surface area contributed by atoms with E-state index in [0.29, 0.717) is 11.5 Å². The van der Waals surface area contributed by atoms with Gasteiger partial charge in [0, 0.05) is 6.04 Å². The van der Waals surface area contributed by atoms with Gasteiger partial charge >= 0.3 is 6.03 Å². The van der Waals surface area contributed by atoms with Gasteiger partial charge in [0.05, 0.1) is 5.75 Å². The summed E-state index contributed by atoms with van der Waals surface area (Å²) in [6.45, 7) is 4.04. The fourth-order valence-corrected chi connectivity index (χ4v) is 2.77. The number of thioether (sulfide) groups is 1. The minimum absolute atomic E-state index is 0.00760. The van der Waals surface area contributed by atoms with Crippen molar-refractivity contribution >= 4 is 23.7 Å². The van der Waals surface area contributed by atoms with E-state index in [1.54, 1.807) is 6.07 Å². The Morgan fingerprint density at radius 2 is 2.07 bits per heavy atom. The Morgan fingerprint density at radius 1 is 1.30 bits per heavy atom. The van der Waals surface area contributed by atoms with E-state index in [1.165, 1.54) is 0 Å². The number of ether oxygens (including phenoxy) is 2. The first-order valence-electron chi connectivity index (χ1n) is 8.50. The molecular formula is C17H20N4O5S. The molecule has 0 aliphatic carbocycles. The highest BCUT2D eigenvalue weighted by Crippen LogP contribution is 2.35. The lowest BCUT2D eigenvalue weighted by Crippen LogP contribution is -2.43. The maximum absolute atomic E-state index is 11.8. The van der Waals surface area contributed by atoms with Crippen LogP contribution in [0.2, 0.25) is 0 Å². The Balaban J connectivity index is 1.49. The van der Waals surface area contributed by atoms with Crippen molar-refractivity contribution in [2.45, 2.75) is 37.6 Å². The van der Waals surface area contributed by atoms with Gasteiger partial charge in [-0.1, -0.05) is 30.8 Å². The molecule has 2 aromatic rings. The molecule has 1 aromatic heterocycles. The topological polar surface area (TPSA) is 116 Å². The van der Waals surface area contributed by atoms with Crippen LogP contribution < -0.4 is 20.1 Å². The number of para-hydroxylation sites is 2. The highest BCUT2D eigenvalue weighted by Gasteiger charge is 2.27. The third-order valence-corrected chi connectivity index (χ3v) is 4.59. The molecule has 0 unspecified atom stereocenters. The number of carbonyl (C=O) groups excluding carboxylic acids is 2. The van der Waals surface area contributed by atoms with Crippen LogP contribution >= 0.6 is 11.8 Å². The maximum atomic E-state index is 11.8. The number of aromatic nitrogens is 2. The molecule has 0 spiro atoms. The average Bonchev–Trinajstić information content (AvgIpc) is 3.15. The van der Waals surface area contributed by atoms with E-state index in [0.717, 1.165) is 18.2 Å². The molecule has 1 aromatic carbocycles. The zero-order chi connectivity index (χ0) is 19.2. The van der Waals surface area contributed by atoms with E-state index in [9.17, 15) is 9.59 Å². The molecule has 0 bridgehead atoms. The van der Waals surface area contributed by atoms with Crippen LogP contribution in [-0.2, 0) is 4.79 Å². The maximum Gasteiger partial charge on any atom is 0.321 e. The third kappa shape index (κ3) is 5.13. The van der Waals surface area contributed by atoms with Crippen LogP contribution in [0.5, 0.6) is 11.5 Å². The van der Waals surface area contributed by atoms with Crippen molar-refractivity contribution < 1.29 is 23.5 Å². The van der Waals surface area contributed by atoms with Gasteiger partial charge < -0.3 is 19.2 Å². The van der Waals surface area contributed by atoms with Gasteiger partial charge in [0.2, 0.25) is 12.0 Å². The van der Waals surface area contributed by atoms with Crippen molar-refractivity contribution in [3.63, 3.8) is 0 Å². The second-order valence-corrected chi connectivity index (χ2v) is 6.82. The van der Waals surface area contributed by atoms with Crippen LogP contribution in [-0.4, -0.2) is 40.5 Å². The van der Waals surface area contributed by atoms with Gasteiger partial charge in [-0.15, -0.1) is 10.2 Å². The van der Waals surface area contributed by atoms with Gasteiger partial charge in [0.1, 0.15) is 6.61 Å². The van der Waals surface area contributed by atoms with Crippen molar-refractivity contribution in [1.29, 1.82) is 0 Å². The van der Waals surface area contributed by atoms with Gasteiger partial charge in [-0.25, -0.2) is 4.79 Å². The second-order valence-electron chi connectivity index (χ2n) is 5.89. The predicted molar refractivity (Wildman–Crippen MR) is 96.8 cm³/mol. The van der Waals surface area contributed by atoms with Crippen LogP contribution in [0.1, 0.15) is 32.3 Å². The van der Waals surface area contributed by atoms with Crippen LogP contribution in [0, 0.1) is 0 Å². The number of imide groups is 1. The van der Waals surface area contributed by atoms with Crippen molar-refractivity contribution in [1.82, 2.24) is 20.8 Å². The summed E-state index contributed by atoms with van der Waals surface area (Å²) in [4.78, 5) is 23.4. The molecule has 2 atom stereocenters. The van der Waals surface area contributed by atoms with E-state index >= 15 is 0 Å². The van der Waals surface area contributed by atoms with Gasteiger partial charge in [-0.2, -0.15) is 0 Å². The highest BCUT2D eigenvalue weighted by molar-refractivity contribution is 7.99. The summed E-state index contributed by atoms with van der Waals surface area (Å²) < 4.78 is 16.9. The van der Waals surface area contributed by atoms with Gasteiger partial charge in [-0.3, -0.25) is 10.1 Å². The standard InChI is InChI=1S/C17H20N4O5S/c1-3-10(2)18-16(23)19-14(22)9-27-17-21-20-15(26-17)13-8-24-11-6-4-5-7-12(11)25-13/h4-7,10,13H,3,8-9H2,1-2H3,(H2,18,19,22,23)/t10-,13-/m0/s1. The quantitative estimate of drug-likeness (QED) is 0.720. The van der Waals surface area contributed by atoms with Gasteiger partial charge in [0.15, 0.2) is 11.5 Å². The minimum Gasteiger partial charge on any atom is -0.485 e. The van der Waals surface area contributed by atoms with Gasteiger partial charge in [0.25, 0.3) is 11.1 Å². The van der Waals surface area contributed by atoms with Crippen LogP contribution in [0.25, 0.3) is 0 Å². The van der Waals surface area contributed by atoms with Crippen molar-refractivity contribution in [3.8, 4) is 11.5 Å². The first kappa shape index (κ1) is 19.0. The lowest BCUT2D eigenvalue weighted by molar-refractivity contribution is -0.117. The SMILES string of the molecule is CC[C@H](C)NC(=O)NC(=O)CSc1nnc([C@@H]2COc3ccccc3O2)o1. The zero-order valence-electron chi connectivity index (χ0n) is 14.9. The van der Waals surface area contributed by atoms with Crippen LogP contribution in [0.4, 0.5) is 4.79 Å². The number of benzene rings is 1. The molecule has 3 amide bonds. The van der Waals surface area contributed by atoms with E-state index in [-0.39, 0.29) is 29.5 Å². The number of hydrogen-bond acceptors (Lipinski definition) is 8. The number of amides is 3. The summed E-state index contributed by atoms with van der Waals surface area (Å²) in [5.41, 5.74) is 0. The van der Waals surface area contributed by atoms with Gasteiger partial charge in [-0.05, 0) is 25.5 Å². The molecule has 144 valence electrons. The first-order valence-corrected chi connectivity index (χ1v) is 9.48. The Hall–Kier alpha value is -2.75. The minimum atomic E-state index is -0.521. The molecule has 0 fully saturated rings. The predicted octanol–water partition coefficient (Wildman–Crippen LogP) is 2.30. The normalized spacial score (nSPS) is 16.4. The Morgan fingerprint density at radius 3 is 2.85 bits per heavy atom. The molecule has 2 N–H and O–H groups in total. The molecule has 0 saturated carbocycles. The molecule has 27 heavy (non-hydrogen) atoms. The van der Waals surface area contributed by atoms with Crippen molar-refractivity contribution in [3.05, 3.63) is 30.2 Å². The summed E-state index contributed by atoms with van der Waals surface area (Å²) in [6, 6.07) is 6.78. The number of nitrogens with zero attached hydrogens (tertiary/aromatic N) is 2. The Labute approximate surface area is 160 Å². The molecule has 0 saturated heterocycles. The van der Waals surface area contributed by atoms with Crippen LogP contribution in [0.15, 0.2) is 33.9 Å². The summed E-state index contributed by atoms with van der Waals surface area (Å²) in [6.07, 6.45) is 0.260. The smallest absolute Gasteiger partial charge is 0.321 e. The van der Waals surface area contributed by atoms with Crippen molar-refractivity contribution in [2.75, 3.05) is 12.4 Å². The fraction of sp³-hybridized carbons (Fsp3) is 0.412. The summed E-state index contributed by atoms with van der Waals surface area (Å²) in [5, 5.41) is 13.0. The number of rotatable bonds is 6. The first-order chi connectivity index (χ1) is 13.0. The molecule has 0 radical (unpaired) electrons. The molecule has 10 heteroatoms. The monoisotopic (exact) mass is 392 g/mol. The van der Waals surface area contributed by atoms with Crippen molar-refractivity contribution in [2.24, 2.45) is 0 Å². The van der Waals surface area contributed by atoms with Crippen LogP contribution in [0.3, 0.4) is 0 Å². The number of fused-ring (bicyclic) bond motifs is 1. The molecule has 1 aliphatic rings. The summed E-state index contributed by atoms with van der Waals surface area (Å²) in [5.74, 6) is 1.05. The molecular weight excluding hydrogens is 372 g/mol. The summed E-state index contributed by atoms with van der Waals surface area (Å²) >= 11 is 1.04. The number of nitrogens with one attached hydrogen (secondary N) is 2. The second kappa shape index (κ2) is 8.76. The van der Waals surface area contributed by atoms with E-state index in [1.807, 2.05) is 32.0 Å². The molecule has 3 rings (SSSR count). The van der Waals surface area contributed by atoms with E-state index in [2.05, 4.69) is 20.8 Å². The summed E-state index contributed by atoms with van der Waals surface area (Å²) in [7, 11) is 0. The Kier molecular flexibility index (Phi) is 6.17. The fourth-order valence-electron chi connectivity index (χ4n) is 2.20. The molecule has 2 heterocycles. The highest BCUT2D eigenvalue weighted by atomic mass is 32.2. The molecule has 1 aliphatic heterocycles. The van der Waals surface area contributed by atoms with E-state index < -0.39 is 18.0 Å².